The zero-order valence-corrected chi connectivity index (χ0v) is 9.16. The fraction of sp³-hybridized carbons (Fsp3) is 1.00. The van der Waals surface area contributed by atoms with E-state index in [1.807, 2.05) is 0 Å². The lowest BCUT2D eigenvalue weighted by molar-refractivity contribution is 0.00325. The van der Waals surface area contributed by atoms with Gasteiger partial charge in [-0.1, -0.05) is 20.8 Å². The number of hydrogen-bond acceptors (Lipinski definition) is 2. The first kappa shape index (κ1) is 11.0. The van der Waals surface area contributed by atoms with Crippen molar-refractivity contribution in [3.8, 4) is 0 Å². The fourth-order valence-electron chi connectivity index (χ4n) is 1.98. The predicted octanol–water partition coefficient (Wildman–Crippen LogP) is 2.06. The first-order valence-electron chi connectivity index (χ1n) is 5.33. The molecular weight excluding hydrogens is 164 g/mol. The van der Waals surface area contributed by atoms with Crippen molar-refractivity contribution in [2.45, 2.75) is 46.3 Å². The SMILES string of the molecule is CC(C)C(C)C(O)C1CCOC1C. The smallest absolute Gasteiger partial charge is 0.0621 e. The van der Waals surface area contributed by atoms with E-state index in [4.69, 9.17) is 4.74 Å². The summed E-state index contributed by atoms with van der Waals surface area (Å²) in [6.07, 6.45) is 1.05. The summed E-state index contributed by atoms with van der Waals surface area (Å²) in [7, 11) is 0. The largest absolute Gasteiger partial charge is 0.392 e. The standard InChI is InChI=1S/C11H22O2/c1-7(2)8(3)11(12)10-5-6-13-9(10)4/h7-12H,5-6H2,1-4H3. The summed E-state index contributed by atoms with van der Waals surface area (Å²) >= 11 is 0. The molecule has 0 amide bonds. The van der Waals surface area contributed by atoms with Gasteiger partial charge in [-0.3, -0.25) is 0 Å². The van der Waals surface area contributed by atoms with E-state index in [9.17, 15) is 5.11 Å². The third-order valence-corrected chi connectivity index (χ3v) is 3.46. The molecule has 1 saturated heterocycles. The van der Waals surface area contributed by atoms with Crippen LogP contribution in [0.5, 0.6) is 0 Å². The second kappa shape index (κ2) is 4.43. The van der Waals surface area contributed by atoms with Gasteiger partial charge in [0.15, 0.2) is 0 Å². The molecule has 0 bridgehead atoms. The molecule has 0 aromatic heterocycles. The van der Waals surface area contributed by atoms with Crippen molar-refractivity contribution in [3.05, 3.63) is 0 Å². The lowest BCUT2D eigenvalue weighted by atomic mass is 9.82. The van der Waals surface area contributed by atoms with Gasteiger partial charge < -0.3 is 9.84 Å². The summed E-state index contributed by atoms with van der Waals surface area (Å²) in [4.78, 5) is 0. The summed E-state index contributed by atoms with van der Waals surface area (Å²) < 4.78 is 5.46. The van der Waals surface area contributed by atoms with Crippen LogP contribution in [0.1, 0.15) is 34.1 Å². The molecule has 1 rings (SSSR count). The Morgan fingerprint density at radius 1 is 1.31 bits per heavy atom. The first-order chi connectivity index (χ1) is 6.04. The Hall–Kier alpha value is -0.0800. The molecule has 0 radical (unpaired) electrons. The Morgan fingerprint density at radius 3 is 2.31 bits per heavy atom. The fourth-order valence-corrected chi connectivity index (χ4v) is 1.98. The van der Waals surface area contributed by atoms with Crippen LogP contribution in [-0.2, 0) is 4.74 Å². The zero-order chi connectivity index (χ0) is 10.0. The molecule has 1 N–H and O–H groups in total. The zero-order valence-electron chi connectivity index (χ0n) is 9.16. The van der Waals surface area contributed by atoms with Gasteiger partial charge >= 0.3 is 0 Å². The van der Waals surface area contributed by atoms with Gasteiger partial charge in [0.1, 0.15) is 0 Å². The van der Waals surface area contributed by atoms with Crippen molar-refractivity contribution in [1.29, 1.82) is 0 Å². The Bertz CT molecular complexity index is 156. The summed E-state index contributed by atoms with van der Waals surface area (Å²) in [5.41, 5.74) is 0. The Kier molecular flexibility index (Phi) is 3.74. The molecular formula is C11H22O2. The van der Waals surface area contributed by atoms with E-state index in [1.54, 1.807) is 0 Å². The van der Waals surface area contributed by atoms with Gasteiger partial charge in [0.2, 0.25) is 0 Å². The van der Waals surface area contributed by atoms with Crippen LogP contribution in [0.3, 0.4) is 0 Å². The highest BCUT2D eigenvalue weighted by Crippen LogP contribution is 2.30. The van der Waals surface area contributed by atoms with Crippen LogP contribution >= 0.6 is 0 Å². The maximum absolute atomic E-state index is 10.1. The lowest BCUT2D eigenvalue weighted by Crippen LogP contribution is -2.34. The molecule has 4 atom stereocenters. The molecule has 0 aliphatic carbocycles. The minimum absolute atomic E-state index is 0.197. The quantitative estimate of drug-likeness (QED) is 0.731. The van der Waals surface area contributed by atoms with Gasteiger partial charge in [0, 0.05) is 12.5 Å². The summed E-state index contributed by atoms with van der Waals surface area (Å²) in [6.45, 7) is 9.32. The molecule has 1 aliphatic rings. The molecule has 1 aliphatic heterocycles. The van der Waals surface area contributed by atoms with Gasteiger partial charge in [-0.2, -0.15) is 0 Å². The molecule has 4 unspecified atom stereocenters. The third kappa shape index (κ3) is 2.44. The van der Waals surface area contributed by atoms with E-state index in [1.165, 1.54) is 0 Å². The van der Waals surface area contributed by atoms with Crippen LogP contribution in [0.25, 0.3) is 0 Å². The van der Waals surface area contributed by atoms with E-state index >= 15 is 0 Å². The molecule has 0 aromatic carbocycles. The maximum Gasteiger partial charge on any atom is 0.0621 e. The maximum atomic E-state index is 10.1. The second-order valence-corrected chi connectivity index (χ2v) is 4.62. The van der Waals surface area contributed by atoms with Crippen LogP contribution in [0.15, 0.2) is 0 Å². The molecule has 0 spiro atoms. The second-order valence-electron chi connectivity index (χ2n) is 4.62. The lowest BCUT2D eigenvalue weighted by Gasteiger charge is -2.28. The number of aliphatic hydroxyl groups excluding tert-OH is 1. The van der Waals surface area contributed by atoms with Crippen molar-refractivity contribution in [2.75, 3.05) is 6.61 Å². The van der Waals surface area contributed by atoms with Crippen LogP contribution in [-0.4, -0.2) is 23.9 Å². The minimum atomic E-state index is -0.197. The van der Waals surface area contributed by atoms with E-state index < -0.39 is 0 Å². The summed E-state index contributed by atoms with van der Waals surface area (Å²) in [5, 5.41) is 10.1. The number of aliphatic hydroxyl groups is 1. The van der Waals surface area contributed by atoms with Crippen molar-refractivity contribution in [2.24, 2.45) is 17.8 Å². The van der Waals surface area contributed by atoms with Crippen molar-refractivity contribution >= 4 is 0 Å². The molecule has 13 heavy (non-hydrogen) atoms. The van der Waals surface area contributed by atoms with Crippen molar-refractivity contribution < 1.29 is 9.84 Å². The van der Waals surface area contributed by atoms with Gasteiger partial charge in [-0.05, 0) is 25.2 Å². The third-order valence-electron chi connectivity index (χ3n) is 3.46. The molecule has 0 aromatic rings. The van der Waals surface area contributed by atoms with Gasteiger partial charge in [-0.15, -0.1) is 0 Å². The average molecular weight is 186 g/mol. The average Bonchev–Trinajstić information content (AvgIpc) is 2.48. The normalized spacial score (nSPS) is 33.7. The van der Waals surface area contributed by atoms with Gasteiger partial charge in [-0.25, -0.2) is 0 Å². The summed E-state index contributed by atoms with van der Waals surface area (Å²) in [6, 6.07) is 0. The van der Waals surface area contributed by atoms with E-state index in [2.05, 4.69) is 27.7 Å². The molecule has 1 fully saturated rings. The van der Waals surface area contributed by atoms with Crippen LogP contribution in [0.4, 0.5) is 0 Å². The monoisotopic (exact) mass is 186 g/mol. The van der Waals surface area contributed by atoms with Crippen molar-refractivity contribution in [1.82, 2.24) is 0 Å². The highest BCUT2D eigenvalue weighted by Gasteiger charge is 2.34. The topological polar surface area (TPSA) is 29.5 Å². The Balaban J connectivity index is 2.50. The van der Waals surface area contributed by atoms with Crippen LogP contribution < -0.4 is 0 Å². The Morgan fingerprint density at radius 2 is 1.92 bits per heavy atom. The highest BCUT2D eigenvalue weighted by molar-refractivity contribution is 4.83. The minimum Gasteiger partial charge on any atom is -0.392 e. The van der Waals surface area contributed by atoms with Crippen molar-refractivity contribution in [3.63, 3.8) is 0 Å². The predicted molar refractivity (Wildman–Crippen MR) is 53.5 cm³/mol. The van der Waals surface area contributed by atoms with Crippen LogP contribution in [0.2, 0.25) is 0 Å². The summed E-state index contributed by atoms with van der Waals surface area (Å²) in [5.74, 6) is 1.26. The number of hydrogen-bond donors (Lipinski definition) is 1. The van der Waals surface area contributed by atoms with E-state index in [0.717, 1.165) is 13.0 Å². The van der Waals surface area contributed by atoms with Gasteiger partial charge in [0.25, 0.3) is 0 Å². The van der Waals surface area contributed by atoms with E-state index in [0.29, 0.717) is 17.8 Å². The van der Waals surface area contributed by atoms with E-state index in [-0.39, 0.29) is 12.2 Å². The number of rotatable bonds is 3. The molecule has 1 heterocycles. The van der Waals surface area contributed by atoms with Crippen LogP contribution in [0, 0.1) is 17.8 Å². The molecule has 2 heteroatoms. The molecule has 0 saturated carbocycles. The first-order valence-corrected chi connectivity index (χ1v) is 5.33. The number of ether oxygens (including phenoxy) is 1. The molecule has 2 nitrogen and oxygen atoms in total. The highest BCUT2D eigenvalue weighted by atomic mass is 16.5. The molecule has 78 valence electrons. The Labute approximate surface area is 81.3 Å². The van der Waals surface area contributed by atoms with Gasteiger partial charge in [0.05, 0.1) is 12.2 Å².